The molecule has 2 rings (SSSR count). The molecule has 0 spiro atoms. The maximum atomic E-state index is 5.81. The fraction of sp³-hybridized carbons (Fsp3) is 0.950. The third-order valence-electron chi connectivity index (χ3n) is 5.68. The maximum absolute atomic E-state index is 5.81. The molecule has 0 atom stereocenters. The van der Waals surface area contributed by atoms with Crippen LogP contribution >= 0.6 is 24.0 Å². The van der Waals surface area contributed by atoms with E-state index in [4.69, 9.17) is 9.47 Å². The lowest BCUT2D eigenvalue weighted by Crippen LogP contribution is -2.40. The van der Waals surface area contributed by atoms with Crippen LogP contribution in [-0.4, -0.2) is 77.1 Å². The zero-order chi connectivity index (χ0) is 18.5. The molecule has 2 saturated heterocycles. The van der Waals surface area contributed by atoms with Crippen molar-refractivity contribution in [2.45, 2.75) is 45.4 Å². The smallest absolute Gasteiger partial charge is 0.190 e. The molecule has 0 aromatic rings. The van der Waals surface area contributed by atoms with Gasteiger partial charge in [0.1, 0.15) is 0 Å². The van der Waals surface area contributed by atoms with Crippen LogP contribution in [0.3, 0.4) is 0 Å². The van der Waals surface area contributed by atoms with Crippen LogP contribution in [0.2, 0.25) is 0 Å². The van der Waals surface area contributed by atoms with Crippen molar-refractivity contribution >= 4 is 29.9 Å². The minimum absolute atomic E-state index is 0. The van der Waals surface area contributed by atoms with Gasteiger partial charge in [-0.2, -0.15) is 0 Å². The number of piperidine rings is 1. The van der Waals surface area contributed by atoms with Gasteiger partial charge in [-0.1, -0.05) is 6.92 Å². The first-order chi connectivity index (χ1) is 12.8. The summed E-state index contributed by atoms with van der Waals surface area (Å²) in [5.41, 5.74) is 0. The quantitative estimate of drug-likeness (QED) is 0.211. The van der Waals surface area contributed by atoms with Crippen LogP contribution in [0.15, 0.2) is 4.99 Å². The van der Waals surface area contributed by atoms with Gasteiger partial charge in [0.25, 0.3) is 0 Å². The largest absolute Gasteiger partial charge is 0.381 e. The monoisotopic (exact) mass is 496 g/mol. The van der Waals surface area contributed by atoms with Gasteiger partial charge in [0.05, 0.1) is 0 Å². The number of hydrogen-bond acceptors (Lipinski definition) is 4. The van der Waals surface area contributed by atoms with Crippen molar-refractivity contribution in [3.05, 3.63) is 0 Å². The van der Waals surface area contributed by atoms with E-state index in [1.54, 1.807) is 0 Å². The Balaban J connectivity index is 0.00000364. The van der Waals surface area contributed by atoms with E-state index in [0.29, 0.717) is 5.92 Å². The lowest BCUT2D eigenvalue weighted by Gasteiger charge is -2.31. The van der Waals surface area contributed by atoms with Crippen molar-refractivity contribution in [3.63, 3.8) is 0 Å². The first-order valence-corrected chi connectivity index (χ1v) is 10.6. The Morgan fingerprint density at radius 1 is 1.07 bits per heavy atom. The Kier molecular flexibility index (Phi) is 14.5. The molecule has 0 amide bonds. The van der Waals surface area contributed by atoms with Gasteiger partial charge in [-0.25, -0.2) is 0 Å². The summed E-state index contributed by atoms with van der Waals surface area (Å²) in [6.07, 6.45) is 7.22. The molecule has 2 fully saturated rings. The second kappa shape index (κ2) is 15.8. The molecule has 2 aliphatic heterocycles. The number of nitrogens with zero attached hydrogens (tertiary/aromatic N) is 2. The molecule has 0 radical (unpaired) electrons. The standard InChI is InChI=1S/C20H40N4O2.HI/c1-3-24-12-6-18(7-13-24)5-11-23-20(21-2)22-10-4-14-26-17-19-8-15-25-16-9-19;/h18-19H,3-17H2,1-2H3,(H2,21,22,23);1H. The summed E-state index contributed by atoms with van der Waals surface area (Å²) in [5, 5.41) is 6.85. The highest BCUT2D eigenvalue weighted by Crippen LogP contribution is 2.19. The van der Waals surface area contributed by atoms with E-state index in [9.17, 15) is 0 Å². The topological polar surface area (TPSA) is 58.1 Å². The van der Waals surface area contributed by atoms with Crippen molar-refractivity contribution in [2.75, 3.05) is 66.2 Å². The maximum Gasteiger partial charge on any atom is 0.190 e. The van der Waals surface area contributed by atoms with E-state index in [1.165, 1.54) is 38.9 Å². The lowest BCUT2D eigenvalue weighted by atomic mass is 9.93. The van der Waals surface area contributed by atoms with Crippen LogP contribution in [-0.2, 0) is 9.47 Å². The molecule has 2 N–H and O–H groups in total. The zero-order valence-corrected chi connectivity index (χ0v) is 19.7. The summed E-state index contributed by atoms with van der Waals surface area (Å²) >= 11 is 0. The highest BCUT2D eigenvalue weighted by molar-refractivity contribution is 14.0. The molecule has 0 bridgehead atoms. The number of aliphatic imine (C=N–C) groups is 1. The average molecular weight is 496 g/mol. The van der Waals surface area contributed by atoms with E-state index in [0.717, 1.165) is 70.7 Å². The summed E-state index contributed by atoms with van der Waals surface area (Å²) in [6, 6.07) is 0. The van der Waals surface area contributed by atoms with Gasteiger partial charge in [0.2, 0.25) is 0 Å². The summed E-state index contributed by atoms with van der Waals surface area (Å²) in [4.78, 5) is 6.87. The van der Waals surface area contributed by atoms with Gasteiger partial charge in [-0.15, -0.1) is 24.0 Å². The normalized spacial score (nSPS) is 20.3. The number of rotatable bonds is 10. The highest BCUT2D eigenvalue weighted by Gasteiger charge is 2.17. The molecule has 27 heavy (non-hydrogen) atoms. The molecular formula is C20H41IN4O2. The first kappa shape index (κ1) is 24.9. The van der Waals surface area contributed by atoms with E-state index < -0.39 is 0 Å². The van der Waals surface area contributed by atoms with Crippen molar-refractivity contribution in [1.82, 2.24) is 15.5 Å². The molecule has 0 unspecified atom stereocenters. The molecule has 2 heterocycles. The predicted molar refractivity (Wildman–Crippen MR) is 123 cm³/mol. The second-order valence-corrected chi connectivity index (χ2v) is 7.58. The van der Waals surface area contributed by atoms with Crippen molar-refractivity contribution in [2.24, 2.45) is 16.8 Å². The third-order valence-corrected chi connectivity index (χ3v) is 5.68. The molecule has 7 heteroatoms. The summed E-state index contributed by atoms with van der Waals surface area (Å²) in [7, 11) is 1.84. The van der Waals surface area contributed by atoms with Crippen LogP contribution < -0.4 is 10.6 Å². The van der Waals surface area contributed by atoms with Crippen molar-refractivity contribution in [3.8, 4) is 0 Å². The van der Waals surface area contributed by atoms with E-state index in [1.807, 2.05) is 7.05 Å². The molecule has 6 nitrogen and oxygen atoms in total. The summed E-state index contributed by atoms with van der Waals surface area (Å²) in [6.45, 7) is 11.4. The number of likely N-dealkylation sites (tertiary alicyclic amines) is 1. The van der Waals surface area contributed by atoms with E-state index in [-0.39, 0.29) is 24.0 Å². The number of hydrogen-bond donors (Lipinski definition) is 2. The molecule has 2 aliphatic rings. The Morgan fingerprint density at radius 3 is 2.44 bits per heavy atom. The fourth-order valence-electron chi connectivity index (χ4n) is 3.75. The average Bonchev–Trinajstić information content (AvgIpc) is 2.70. The molecular weight excluding hydrogens is 455 g/mol. The van der Waals surface area contributed by atoms with Gasteiger partial charge >= 0.3 is 0 Å². The zero-order valence-electron chi connectivity index (χ0n) is 17.4. The van der Waals surface area contributed by atoms with Crippen LogP contribution in [0.25, 0.3) is 0 Å². The van der Waals surface area contributed by atoms with E-state index in [2.05, 4.69) is 27.4 Å². The molecule has 0 aromatic carbocycles. The van der Waals surface area contributed by atoms with Crippen molar-refractivity contribution < 1.29 is 9.47 Å². The number of guanidine groups is 1. The van der Waals surface area contributed by atoms with Gasteiger partial charge in [-0.05, 0) is 70.0 Å². The van der Waals surface area contributed by atoms with Gasteiger partial charge in [0.15, 0.2) is 5.96 Å². The molecule has 0 aromatic heterocycles. The van der Waals surface area contributed by atoms with Gasteiger partial charge in [0, 0.05) is 46.6 Å². The Morgan fingerprint density at radius 2 is 1.78 bits per heavy atom. The third kappa shape index (κ3) is 10.9. The van der Waals surface area contributed by atoms with Crippen LogP contribution in [0, 0.1) is 11.8 Å². The Bertz CT molecular complexity index is 384. The minimum atomic E-state index is 0. The summed E-state index contributed by atoms with van der Waals surface area (Å²) in [5.74, 6) is 2.47. The Hall–Kier alpha value is -0.120. The van der Waals surface area contributed by atoms with Crippen LogP contribution in [0.1, 0.15) is 45.4 Å². The Labute approximate surface area is 183 Å². The first-order valence-electron chi connectivity index (χ1n) is 10.6. The van der Waals surface area contributed by atoms with Crippen LogP contribution in [0.4, 0.5) is 0 Å². The molecule has 0 saturated carbocycles. The van der Waals surface area contributed by atoms with E-state index >= 15 is 0 Å². The fourth-order valence-corrected chi connectivity index (χ4v) is 3.75. The SMILES string of the molecule is CCN1CCC(CCNC(=NC)NCCCOCC2CCOCC2)CC1.I. The number of halogens is 1. The number of nitrogens with one attached hydrogen (secondary N) is 2. The minimum Gasteiger partial charge on any atom is -0.381 e. The predicted octanol–water partition coefficient (Wildman–Crippen LogP) is 2.72. The van der Waals surface area contributed by atoms with Gasteiger partial charge < -0.3 is 25.0 Å². The summed E-state index contributed by atoms with van der Waals surface area (Å²) < 4.78 is 11.2. The second-order valence-electron chi connectivity index (χ2n) is 7.58. The number of ether oxygens (including phenoxy) is 2. The molecule has 160 valence electrons. The van der Waals surface area contributed by atoms with Crippen molar-refractivity contribution in [1.29, 1.82) is 0 Å². The lowest BCUT2D eigenvalue weighted by molar-refractivity contribution is 0.0203. The highest BCUT2D eigenvalue weighted by atomic mass is 127. The van der Waals surface area contributed by atoms with Gasteiger partial charge in [-0.3, -0.25) is 4.99 Å². The molecule has 0 aliphatic carbocycles. The van der Waals surface area contributed by atoms with Crippen LogP contribution in [0.5, 0.6) is 0 Å².